The van der Waals surface area contributed by atoms with E-state index < -0.39 is 21.2 Å². The number of piperidine rings is 1. The summed E-state index contributed by atoms with van der Waals surface area (Å²) in [6.07, 6.45) is 1.53. The van der Waals surface area contributed by atoms with Gasteiger partial charge in [0.15, 0.2) is 15.7 Å². The molecule has 1 amide bonds. The lowest BCUT2D eigenvalue weighted by molar-refractivity contribution is 0.0530. The van der Waals surface area contributed by atoms with E-state index in [2.05, 4.69) is 15.0 Å². The van der Waals surface area contributed by atoms with Crippen LogP contribution in [-0.4, -0.2) is 78.5 Å². The molecule has 0 radical (unpaired) electrons. The quantitative estimate of drug-likeness (QED) is 0.524. The number of benzene rings is 1. The fourth-order valence-corrected chi connectivity index (χ4v) is 6.79. The van der Waals surface area contributed by atoms with Crippen molar-refractivity contribution in [3.63, 3.8) is 0 Å². The Balaban J connectivity index is 1.30. The molecule has 11 nitrogen and oxygen atoms in total. The molecule has 0 bridgehead atoms. The van der Waals surface area contributed by atoms with Gasteiger partial charge in [0.05, 0.1) is 18.0 Å². The van der Waals surface area contributed by atoms with Gasteiger partial charge < -0.3 is 30.0 Å². The highest BCUT2D eigenvalue weighted by molar-refractivity contribution is 7.92. The number of nitrogens with one attached hydrogen (secondary N) is 1. The number of sulfone groups is 1. The number of aromatic nitrogens is 3. The third-order valence-electron chi connectivity index (χ3n) is 6.72. The van der Waals surface area contributed by atoms with Crippen LogP contribution >= 0.6 is 0 Å². The van der Waals surface area contributed by atoms with Crippen LogP contribution in [0, 0.1) is 0 Å². The van der Waals surface area contributed by atoms with Gasteiger partial charge in [-0.2, -0.15) is 0 Å². The Morgan fingerprint density at radius 2 is 1.94 bits per heavy atom. The number of ether oxygens (including phenoxy) is 2. The standard InChI is InChI=1S/C24H30N6O5S/c1-16-13-30(11-12-34-16)23-20-19(26-15-27-23)21(22(25)28-20)36(32,33)18-7-9-29(10-8-18)24(31)35-14-17-5-3-2-4-6-17/h2-6,15-16,18,28H,7-14,25H2,1H3. The summed E-state index contributed by atoms with van der Waals surface area (Å²) < 4.78 is 38.4. The summed E-state index contributed by atoms with van der Waals surface area (Å²) in [5.41, 5.74) is 7.90. The van der Waals surface area contributed by atoms with E-state index in [1.54, 1.807) is 4.90 Å². The molecule has 2 fully saturated rings. The van der Waals surface area contributed by atoms with Crippen molar-refractivity contribution in [2.45, 2.75) is 42.6 Å². The highest BCUT2D eigenvalue weighted by Crippen LogP contribution is 2.36. The van der Waals surface area contributed by atoms with E-state index in [0.717, 1.165) is 5.56 Å². The van der Waals surface area contributed by atoms with Gasteiger partial charge in [0.1, 0.15) is 34.7 Å². The van der Waals surface area contributed by atoms with Crippen molar-refractivity contribution in [2.24, 2.45) is 0 Å². The fourth-order valence-electron chi connectivity index (χ4n) is 4.85. The predicted octanol–water partition coefficient (Wildman–Crippen LogP) is 2.34. The van der Waals surface area contributed by atoms with Crippen molar-refractivity contribution in [1.82, 2.24) is 19.9 Å². The maximum absolute atomic E-state index is 13.7. The maximum Gasteiger partial charge on any atom is 0.410 e. The molecule has 1 aromatic carbocycles. The van der Waals surface area contributed by atoms with Gasteiger partial charge in [0.25, 0.3) is 0 Å². The van der Waals surface area contributed by atoms with Gasteiger partial charge in [0.2, 0.25) is 0 Å². The summed E-state index contributed by atoms with van der Waals surface area (Å²) in [5, 5.41) is -0.682. The SMILES string of the molecule is CC1CN(c2ncnc3c(S(=O)(=O)C4CCN(C(=O)OCc5ccccc5)CC4)c(N)[nH]c23)CCO1. The first-order chi connectivity index (χ1) is 17.3. The van der Waals surface area contributed by atoms with Crippen LogP contribution in [0.1, 0.15) is 25.3 Å². The molecule has 2 aliphatic rings. The molecule has 12 heteroatoms. The molecule has 192 valence electrons. The molecule has 4 heterocycles. The average molecular weight is 515 g/mol. The van der Waals surface area contributed by atoms with Crippen LogP contribution in [0.4, 0.5) is 16.4 Å². The predicted molar refractivity (Wildman–Crippen MR) is 134 cm³/mol. The zero-order valence-electron chi connectivity index (χ0n) is 20.1. The highest BCUT2D eigenvalue weighted by atomic mass is 32.2. The Hall–Kier alpha value is -3.38. The largest absolute Gasteiger partial charge is 0.445 e. The molecule has 0 spiro atoms. The number of hydrogen-bond acceptors (Lipinski definition) is 9. The van der Waals surface area contributed by atoms with Crippen molar-refractivity contribution < 1.29 is 22.7 Å². The molecule has 1 unspecified atom stereocenters. The van der Waals surface area contributed by atoms with Gasteiger partial charge >= 0.3 is 6.09 Å². The number of anilines is 2. The van der Waals surface area contributed by atoms with Crippen molar-refractivity contribution in [2.75, 3.05) is 43.4 Å². The van der Waals surface area contributed by atoms with Crippen LogP contribution in [-0.2, 0) is 25.9 Å². The van der Waals surface area contributed by atoms with Crippen LogP contribution in [0.15, 0.2) is 41.6 Å². The number of rotatable bonds is 5. The molecular weight excluding hydrogens is 484 g/mol. The molecule has 36 heavy (non-hydrogen) atoms. The molecule has 2 aromatic heterocycles. The first-order valence-electron chi connectivity index (χ1n) is 12.0. The number of morpholine rings is 1. The number of aromatic amines is 1. The number of carbonyl (C=O) groups is 1. The first kappa shape index (κ1) is 24.3. The highest BCUT2D eigenvalue weighted by Gasteiger charge is 2.37. The number of carbonyl (C=O) groups excluding carboxylic acids is 1. The Morgan fingerprint density at radius 1 is 1.19 bits per heavy atom. The van der Waals surface area contributed by atoms with Crippen molar-refractivity contribution in [3.05, 3.63) is 42.2 Å². The first-order valence-corrected chi connectivity index (χ1v) is 13.6. The number of hydrogen-bond donors (Lipinski definition) is 2. The molecule has 3 N–H and O–H groups in total. The van der Waals surface area contributed by atoms with Gasteiger partial charge in [-0.25, -0.2) is 23.2 Å². The molecule has 0 aliphatic carbocycles. The van der Waals surface area contributed by atoms with Crippen LogP contribution in [0.2, 0.25) is 0 Å². The lowest BCUT2D eigenvalue weighted by Gasteiger charge is -2.32. The summed E-state index contributed by atoms with van der Waals surface area (Å²) in [6, 6.07) is 9.42. The molecular formula is C24H30N6O5S. The van der Waals surface area contributed by atoms with Crippen molar-refractivity contribution in [1.29, 1.82) is 0 Å². The molecule has 2 aliphatic heterocycles. The summed E-state index contributed by atoms with van der Waals surface area (Å²) in [6.45, 7) is 4.54. The van der Waals surface area contributed by atoms with E-state index in [4.69, 9.17) is 15.2 Å². The Bertz CT molecular complexity index is 1340. The van der Waals surface area contributed by atoms with Gasteiger partial charge in [0, 0.05) is 26.2 Å². The van der Waals surface area contributed by atoms with E-state index >= 15 is 0 Å². The summed E-state index contributed by atoms with van der Waals surface area (Å²) in [7, 11) is -3.81. The van der Waals surface area contributed by atoms with Crippen LogP contribution in [0.25, 0.3) is 11.0 Å². The molecule has 0 saturated carbocycles. The van der Waals surface area contributed by atoms with Gasteiger partial charge in [-0.15, -0.1) is 0 Å². The Morgan fingerprint density at radius 3 is 2.67 bits per heavy atom. The van der Waals surface area contributed by atoms with Crippen molar-refractivity contribution in [3.8, 4) is 0 Å². The number of nitrogen functional groups attached to an aromatic ring is 1. The average Bonchev–Trinajstić information content (AvgIpc) is 3.24. The molecule has 1 atom stereocenters. The minimum absolute atomic E-state index is 0.00700. The Labute approximate surface area is 209 Å². The Kier molecular flexibility index (Phi) is 6.71. The van der Waals surface area contributed by atoms with E-state index in [1.165, 1.54) is 6.33 Å². The number of nitrogens with two attached hydrogens (primary N) is 1. The van der Waals surface area contributed by atoms with Gasteiger partial charge in [-0.3, -0.25) is 0 Å². The fraction of sp³-hybridized carbons (Fsp3) is 0.458. The monoisotopic (exact) mass is 514 g/mol. The third-order valence-corrected chi connectivity index (χ3v) is 9.05. The van der Waals surface area contributed by atoms with Crippen LogP contribution in [0.5, 0.6) is 0 Å². The summed E-state index contributed by atoms with van der Waals surface area (Å²) in [4.78, 5) is 27.8. The topological polar surface area (TPSA) is 144 Å². The van der Waals surface area contributed by atoms with E-state index in [0.29, 0.717) is 36.5 Å². The van der Waals surface area contributed by atoms with Crippen LogP contribution in [0.3, 0.4) is 0 Å². The van der Waals surface area contributed by atoms with E-state index in [1.807, 2.05) is 42.2 Å². The zero-order chi connectivity index (χ0) is 25.3. The number of fused-ring (bicyclic) bond motifs is 1. The maximum atomic E-state index is 13.7. The smallest absolute Gasteiger partial charge is 0.410 e. The van der Waals surface area contributed by atoms with Crippen LogP contribution < -0.4 is 10.6 Å². The van der Waals surface area contributed by atoms with Gasteiger partial charge in [-0.05, 0) is 25.3 Å². The summed E-state index contributed by atoms with van der Waals surface area (Å²) >= 11 is 0. The number of likely N-dealkylation sites (tertiary alicyclic amines) is 1. The summed E-state index contributed by atoms with van der Waals surface area (Å²) in [5.74, 6) is 0.664. The zero-order valence-corrected chi connectivity index (χ0v) is 20.9. The molecule has 2 saturated heterocycles. The number of amides is 1. The second kappa shape index (κ2) is 9.94. The number of H-pyrrole nitrogens is 1. The number of nitrogens with zero attached hydrogens (tertiary/aromatic N) is 4. The van der Waals surface area contributed by atoms with Gasteiger partial charge in [-0.1, -0.05) is 30.3 Å². The second-order valence-corrected chi connectivity index (χ2v) is 11.4. The second-order valence-electron chi connectivity index (χ2n) is 9.19. The minimum Gasteiger partial charge on any atom is -0.445 e. The molecule has 3 aromatic rings. The lowest BCUT2D eigenvalue weighted by Crippen LogP contribution is -2.42. The lowest BCUT2D eigenvalue weighted by atomic mass is 10.1. The van der Waals surface area contributed by atoms with Crippen molar-refractivity contribution >= 4 is 38.6 Å². The normalized spacial score (nSPS) is 19.5. The van der Waals surface area contributed by atoms with E-state index in [-0.39, 0.29) is 49.4 Å². The molecule has 5 rings (SSSR count). The minimum atomic E-state index is -3.81. The van der Waals surface area contributed by atoms with E-state index in [9.17, 15) is 13.2 Å². The third kappa shape index (κ3) is 4.70.